The van der Waals surface area contributed by atoms with Crippen molar-refractivity contribution < 1.29 is 14.3 Å². The molecule has 0 fully saturated rings. The van der Waals surface area contributed by atoms with Gasteiger partial charge in [0.1, 0.15) is 5.75 Å². The van der Waals surface area contributed by atoms with E-state index in [1.54, 1.807) is 7.11 Å². The molecule has 0 aliphatic heterocycles. The van der Waals surface area contributed by atoms with Gasteiger partial charge in [-0.3, -0.25) is 0 Å². The third-order valence-electron chi connectivity index (χ3n) is 4.85. The fourth-order valence-electron chi connectivity index (χ4n) is 3.78. The Bertz CT molecular complexity index is 462. The minimum atomic E-state index is -1.98. The van der Waals surface area contributed by atoms with E-state index in [4.69, 9.17) is 14.3 Å². The predicted octanol–water partition coefficient (Wildman–Crippen LogP) is 5.17. The first-order valence-corrected chi connectivity index (χ1v) is 10.9. The van der Waals surface area contributed by atoms with Gasteiger partial charge in [0.05, 0.1) is 7.11 Å². The first-order chi connectivity index (χ1) is 10.8. The molecule has 0 bridgehead atoms. The number of rotatable bonds is 9. The van der Waals surface area contributed by atoms with Crippen molar-refractivity contribution in [2.75, 3.05) is 13.7 Å². The normalized spacial score (nSPS) is 12.3. The fraction of sp³-hybridized carbons (Fsp3) is 0.684. The number of aryl methyl sites for hydroxylation is 1. The summed E-state index contributed by atoms with van der Waals surface area (Å²) in [7, 11) is -0.283. The van der Waals surface area contributed by atoms with E-state index in [1.165, 1.54) is 5.56 Å². The van der Waals surface area contributed by atoms with Gasteiger partial charge in [0.15, 0.2) is 5.75 Å². The zero-order valence-electron chi connectivity index (χ0n) is 15.8. The molecular weight excluding hydrogens is 304 g/mol. The summed E-state index contributed by atoms with van der Waals surface area (Å²) in [6, 6.07) is 6.18. The molecule has 4 heteroatoms. The molecule has 23 heavy (non-hydrogen) atoms. The van der Waals surface area contributed by atoms with E-state index in [2.05, 4.69) is 47.6 Å². The number of ether oxygens (including phenoxy) is 1. The van der Waals surface area contributed by atoms with Gasteiger partial charge < -0.3 is 14.3 Å². The van der Waals surface area contributed by atoms with Gasteiger partial charge in [-0.05, 0) is 47.2 Å². The Morgan fingerprint density at radius 1 is 0.957 bits per heavy atom. The third kappa shape index (κ3) is 4.51. The minimum Gasteiger partial charge on any atom is -0.540 e. The van der Waals surface area contributed by atoms with E-state index in [-0.39, 0.29) is 6.61 Å². The van der Waals surface area contributed by atoms with E-state index in [0.29, 0.717) is 16.6 Å². The van der Waals surface area contributed by atoms with Crippen molar-refractivity contribution in [3.8, 4) is 11.5 Å². The molecule has 0 aromatic heterocycles. The second-order valence-corrected chi connectivity index (χ2v) is 12.6. The highest BCUT2D eigenvalue weighted by Gasteiger charge is 2.47. The van der Waals surface area contributed by atoms with E-state index >= 15 is 0 Å². The molecule has 0 heterocycles. The van der Waals surface area contributed by atoms with Crippen LogP contribution in [0, 0.1) is 0 Å². The quantitative estimate of drug-likeness (QED) is 0.631. The summed E-state index contributed by atoms with van der Waals surface area (Å²) in [4.78, 5) is 0. The SMILES string of the molecule is COc1cc(CCCO)ccc1O[Si](C(C)C)(C(C)C)C(C)C. The van der Waals surface area contributed by atoms with Crippen LogP contribution in [0.1, 0.15) is 53.5 Å². The van der Waals surface area contributed by atoms with Crippen molar-refractivity contribution in [3.05, 3.63) is 23.8 Å². The molecule has 0 amide bonds. The first-order valence-electron chi connectivity index (χ1n) is 8.76. The van der Waals surface area contributed by atoms with Crippen molar-refractivity contribution in [3.63, 3.8) is 0 Å². The zero-order chi connectivity index (χ0) is 17.6. The molecule has 1 aromatic carbocycles. The number of benzene rings is 1. The molecule has 0 unspecified atom stereocenters. The molecule has 0 atom stereocenters. The Morgan fingerprint density at radius 2 is 1.52 bits per heavy atom. The number of hydrogen-bond acceptors (Lipinski definition) is 3. The van der Waals surface area contributed by atoms with Gasteiger partial charge >= 0.3 is 0 Å². The van der Waals surface area contributed by atoms with Gasteiger partial charge in [-0.15, -0.1) is 0 Å². The summed E-state index contributed by atoms with van der Waals surface area (Å²) in [6.45, 7) is 13.9. The summed E-state index contributed by atoms with van der Waals surface area (Å²) in [5, 5.41) is 8.99. The lowest BCUT2D eigenvalue weighted by atomic mass is 10.1. The smallest absolute Gasteiger partial charge is 0.258 e. The second-order valence-electron chi connectivity index (χ2n) is 7.23. The maximum Gasteiger partial charge on any atom is 0.258 e. The molecule has 3 nitrogen and oxygen atoms in total. The van der Waals surface area contributed by atoms with Crippen LogP contribution in [0.5, 0.6) is 11.5 Å². The third-order valence-corrected chi connectivity index (χ3v) is 10.8. The average Bonchev–Trinajstić information content (AvgIpc) is 2.49. The monoisotopic (exact) mass is 338 g/mol. The van der Waals surface area contributed by atoms with Gasteiger partial charge in [-0.2, -0.15) is 0 Å². The maximum atomic E-state index is 8.99. The molecule has 1 N–H and O–H groups in total. The van der Waals surface area contributed by atoms with Crippen LogP contribution in [-0.2, 0) is 6.42 Å². The van der Waals surface area contributed by atoms with Crippen molar-refractivity contribution in [1.82, 2.24) is 0 Å². The van der Waals surface area contributed by atoms with E-state index in [0.717, 1.165) is 24.3 Å². The molecule has 0 saturated heterocycles. The summed E-state index contributed by atoms with van der Waals surface area (Å²) in [5.41, 5.74) is 2.76. The molecule has 132 valence electrons. The van der Waals surface area contributed by atoms with Crippen LogP contribution in [-0.4, -0.2) is 27.1 Å². The molecule has 0 aliphatic carbocycles. The average molecular weight is 339 g/mol. The lowest BCUT2D eigenvalue weighted by Gasteiger charge is -2.42. The molecular formula is C19H34O3Si. The summed E-state index contributed by atoms with van der Waals surface area (Å²) < 4.78 is 12.3. The molecule has 0 radical (unpaired) electrons. The number of aliphatic hydroxyl groups excluding tert-OH is 1. The van der Waals surface area contributed by atoms with Gasteiger partial charge in [0.25, 0.3) is 8.32 Å². The Kier molecular flexibility index (Phi) is 7.61. The van der Waals surface area contributed by atoms with Crippen molar-refractivity contribution in [1.29, 1.82) is 0 Å². The predicted molar refractivity (Wildman–Crippen MR) is 100 cm³/mol. The molecule has 0 aliphatic rings. The standard InChI is InChI=1S/C19H34O3Si/c1-14(2)23(15(3)4,16(5)6)22-18-11-10-17(9-8-12-20)13-19(18)21-7/h10-11,13-16,20H,8-9,12H2,1-7H3. The van der Waals surface area contributed by atoms with Crippen LogP contribution in [0.4, 0.5) is 0 Å². The fourth-order valence-corrected chi connectivity index (χ4v) is 9.04. The Morgan fingerprint density at radius 3 is 1.96 bits per heavy atom. The second kappa shape index (κ2) is 8.74. The van der Waals surface area contributed by atoms with Gasteiger partial charge in [0, 0.05) is 6.61 Å². The molecule has 0 spiro atoms. The Balaban J connectivity index is 3.18. The topological polar surface area (TPSA) is 38.7 Å². The molecule has 1 rings (SSSR count). The van der Waals surface area contributed by atoms with Crippen molar-refractivity contribution in [2.45, 2.75) is 71.0 Å². The first kappa shape index (κ1) is 20.0. The van der Waals surface area contributed by atoms with Gasteiger partial charge in [0.2, 0.25) is 0 Å². The largest absolute Gasteiger partial charge is 0.540 e. The van der Waals surface area contributed by atoms with E-state index in [9.17, 15) is 0 Å². The zero-order valence-corrected chi connectivity index (χ0v) is 16.8. The van der Waals surface area contributed by atoms with Crippen molar-refractivity contribution >= 4 is 8.32 Å². The highest BCUT2D eigenvalue weighted by Crippen LogP contribution is 2.44. The lowest BCUT2D eigenvalue weighted by molar-refractivity contribution is 0.288. The van der Waals surface area contributed by atoms with Gasteiger partial charge in [-0.1, -0.05) is 47.6 Å². The Hall–Kier alpha value is -1.00. The highest BCUT2D eigenvalue weighted by atomic mass is 28.4. The highest BCUT2D eigenvalue weighted by molar-refractivity contribution is 6.78. The van der Waals surface area contributed by atoms with Crippen LogP contribution in [0.3, 0.4) is 0 Å². The van der Waals surface area contributed by atoms with Gasteiger partial charge in [-0.25, -0.2) is 0 Å². The van der Waals surface area contributed by atoms with Crippen LogP contribution >= 0.6 is 0 Å². The molecule has 0 saturated carbocycles. The van der Waals surface area contributed by atoms with Crippen LogP contribution in [0.2, 0.25) is 16.6 Å². The van der Waals surface area contributed by atoms with Crippen LogP contribution in [0.15, 0.2) is 18.2 Å². The van der Waals surface area contributed by atoms with Crippen LogP contribution in [0.25, 0.3) is 0 Å². The van der Waals surface area contributed by atoms with E-state index < -0.39 is 8.32 Å². The van der Waals surface area contributed by atoms with Crippen LogP contribution < -0.4 is 9.16 Å². The maximum absolute atomic E-state index is 8.99. The number of methoxy groups -OCH3 is 1. The van der Waals surface area contributed by atoms with E-state index in [1.807, 2.05) is 12.1 Å². The summed E-state index contributed by atoms with van der Waals surface area (Å²) >= 11 is 0. The summed E-state index contributed by atoms with van der Waals surface area (Å²) in [5.74, 6) is 1.67. The number of hydrogen-bond donors (Lipinski definition) is 1. The van der Waals surface area contributed by atoms with Crippen molar-refractivity contribution in [2.24, 2.45) is 0 Å². The molecule has 1 aromatic rings. The Labute approximate surface area is 143 Å². The lowest BCUT2D eigenvalue weighted by Crippen LogP contribution is -2.50. The minimum absolute atomic E-state index is 0.213. The number of aliphatic hydroxyl groups is 1. The summed E-state index contributed by atoms with van der Waals surface area (Å²) in [6.07, 6.45) is 1.63.